The Kier molecular flexibility index (Phi) is 3.85. The van der Waals surface area contributed by atoms with E-state index in [4.69, 9.17) is 10.5 Å². The zero-order valence-electron chi connectivity index (χ0n) is 13.9. The van der Waals surface area contributed by atoms with Crippen molar-refractivity contribution in [1.29, 1.82) is 0 Å². The van der Waals surface area contributed by atoms with Crippen molar-refractivity contribution in [1.82, 2.24) is 9.97 Å². The fourth-order valence-corrected chi connectivity index (χ4v) is 3.10. The minimum atomic E-state index is 0.530. The minimum Gasteiger partial charge on any atom is -0.497 e. The number of ether oxygens (including phenoxy) is 1. The summed E-state index contributed by atoms with van der Waals surface area (Å²) in [5.41, 5.74) is 10.2. The van der Waals surface area contributed by atoms with Crippen LogP contribution in [0.25, 0.3) is 0 Å². The molecule has 0 amide bonds. The van der Waals surface area contributed by atoms with Crippen LogP contribution in [0.3, 0.4) is 0 Å². The van der Waals surface area contributed by atoms with Gasteiger partial charge in [0.25, 0.3) is 0 Å². The van der Waals surface area contributed by atoms with Crippen LogP contribution in [0.4, 0.5) is 28.7 Å². The Morgan fingerprint density at radius 3 is 2.88 bits per heavy atom. The molecule has 1 aromatic heterocycles. The quantitative estimate of drug-likeness (QED) is 0.761. The fourth-order valence-electron chi connectivity index (χ4n) is 3.10. The number of nitrogens with one attached hydrogen (secondary N) is 1. The number of methoxy groups -OCH3 is 1. The van der Waals surface area contributed by atoms with Crippen LogP contribution in [0.1, 0.15) is 5.56 Å². The molecular weight excluding hydrogens is 314 g/mol. The van der Waals surface area contributed by atoms with Gasteiger partial charge in [-0.3, -0.25) is 0 Å². The summed E-state index contributed by atoms with van der Waals surface area (Å²) in [6.07, 6.45) is 2.52. The van der Waals surface area contributed by atoms with Crippen LogP contribution in [0.5, 0.6) is 5.75 Å². The van der Waals surface area contributed by atoms with Gasteiger partial charge in [-0.15, -0.1) is 0 Å². The summed E-state index contributed by atoms with van der Waals surface area (Å²) >= 11 is 0. The van der Waals surface area contributed by atoms with Crippen LogP contribution in [-0.4, -0.2) is 23.6 Å². The molecule has 0 unspecified atom stereocenters. The number of aromatic nitrogens is 2. The molecule has 0 aliphatic carbocycles. The molecule has 2 aromatic carbocycles. The average molecular weight is 333 g/mol. The zero-order chi connectivity index (χ0) is 17.2. The molecule has 3 aromatic rings. The Morgan fingerprint density at radius 1 is 1.12 bits per heavy atom. The lowest BCUT2D eigenvalue weighted by Crippen LogP contribution is -2.17. The monoisotopic (exact) mass is 333 g/mol. The van der Waals surface area contributed by atoms with Gasteiger partial charge in [-0.25, -0.2) is 9.97 Å². The summed E-state index contributed by atoms with van der Waals surface area (Å²) in [4.78, 5) is 10.9. The van der Waals surface area contributed by atoms with Gasteiger partial charge in [-0.05, 0) is 30.2 Å². The standard InChI is InChI=1S/C19H19N5O/c1-25-15-7-4-6-14(11-15)23-18-17(20)19(22-12-21-18)24-10-9-13-5-2-3-8-16(13)24/h2-8,11-12H,9-10,20H2,1H3,(H,21,22,23). The van der Waals surface area contributed by atoms with E-state index in [1.54, 1.807) is 7.11 Å². The second-order valence-electron chi connectivity index (χ2n) is 5.85. The molecule has 0 spiro atoms. The number of fused-ring (bicyclic) bond motifs is 1. The zero-order valence-corrected chi connectivity index (χ0v) is 13.9. The predicted molar refractivity (Wildman–Crippen MR) is 99.9 cm³/mol. The number of rotatable bonds is 4. The molecule has 6 nitrogen and oxygen atoms in total. The molecule has 0 fully saturated rings. The van der Waals surface area contributed by atoms with E-state index in [2.05, 4.69) is 38.4 Å². The molecule has 0 atom stereocenters. The molecule has 126 valence electrons. The minimum absolute atomic E-state index is 0.530. The number of hydrogen-bond donors (Lipinski definition) is 2. The number of anilines is 5. The van der Waals surface area contributed by atoms with Gasteiger partial charge >= 0.3 is 0 Å². The summed E-state index contributed by atoms with van der Waals surface area (Å²) in [5.74, 6) is 2.08. The number of benzene rings is 2. The first-order valence-electron chi connectivity index (χ1n) is 8.13. The summed E-state index contributed by atoms with van der Waals surface area (Å²) in [6, 6.07) is 16.0. The van der Waals surface area contributed by atoms with Crippen molar-refractivity contribution in [3.63, 3.8) is 0 Å². The van der Waals surface area contributed by atoms with Crippen molar-refractivity contribution in [2.75, 3.05) is 29.6 Å². The number of hydrogen-bond acceptors (Lipinski definition) is 6. The van der Waals surface area contributed by atoms with Gasteiger partial charge in [0.15, 0.2) is 11.6 Å². The highest BCUT2D eigenvalue weighted by Gasteiger charge is 2.23. The third-order valence-electron chi connectivity index (χ3n) is 4.34. The molecule has 1 aliphatic heterocycles. The van der Waals surface area contributed by atoms with E-state index in [0.29, 0.717) is 11.5 Å². The average Bonchev–Trinajstić information content (AvgIpc) is 3.08. The van der Waals surface area contributed by atoms with Gasteiger partial charge in [0.05, 0.1) is 7.11 Å². The Labute approximate surface area is 146 Å². The van der Waals surface area contributed by atoms with Crippen LogP contribution >= 0.6 is 0 Å². The normalized spacial score (nSPS) is 12.8. The van der Waals surface area contributed by atoms with Gasteiger partial charge in [0, 0.05) is 24.0 Å². The highest BCUT2D eigenvalue weighted by atomic mass is 16.5. The molecule has 3 N–H and O–H groups in total. The third-order valence-corrected chi connectivity index (χ3v) is 4.34. The maximum absolute atomic E-state index is 6.38. The maximum Gasteiger partial charge on any atom is 0.161 e. The summed E-state index contributed by atoms with van der Waals surface area (Å²) < 4.78 is 5.25. The molecule has 2 heterocycles. The smallest absolute Gasteiger partial charge is 0.161 e. The van der Waals surface area contributed by atoms with E-state index in [9.17, 15) is 0 Å². The van der Waals surface area contributed by atoms with E-state index >= 15 is 0 Å². The van der Waals surface area contributed by atoms with Crippen LogP contribution in [0.2, 0.25) is 0 Å². The number of nitrogens with zero attached hydrogens (tertiary/aromatic N) is 3. The van der Waals surface area contributed by atoms with Crippen LogP contribution < -0.4 is 20.7 Å². The van der Waals surface area contributed by atoms with E-state index in [1.807, 2.05) is 30.3 Å². The molecule has 0 saturated heterocycles. The van der Waals surface area contributed by atoms with Gasteiger partial charge in [0.2, 0.25) is 0 Å². The van der Waals surface area contributed by atoms with Crippen molar-refractivity contribution in [3.8, 4) is 5.75 Å². The second-order valence-corrected chi connectivity index (χ2v) is 5.85. The van der Waals surface area contributed by atoms with E-state index in [-0.39, 0.29) is 0 Å². The van der Waals surface area contributed by atoms with Crippen molar-refractivity contribution >= 4 is 28.7 Å². The molecule has 6 heteroatoms. The Hall–Kier alpha value is -3.28. The maximum atomic E-state index is 6.38. The van der Waals surface area contributed by atoms with E-state index < -0.39 is 0 Å². The van der Waals surface area contributed by atoms with E-state index in [1.165, 1.54) is 11.9 Å². The Morgan fingerprint density at radius 2 is 2.00 bits per heavy atom. The van der Waals surface area contributed by atoms with Crippen LogP contribution in [0.15, 0.2) is 54.9 Å². The molecule has 0 radical (unpaired) electrons. The van der Waals surface area contributed by atoms with Crippen molar-refractivity contribution in [3.05, 3.63) is 60.4 Å². The number of nitrogens with two attached hydrogens (primary N) is 1. The topological polar surface area (TPSA) is 76.3 Å². The fraction of sp³-hybridized carbons (Fsp3) is 0.158. The Balaban J connectivity index is 1.67. The Bertz CT molecular complexity index is 912. The molecular formula is C19H19N5O. The van der Waals surface area contributed by atoms with E-state index in [0.717, 1.165) is 35.9 Å². The summed E-state index contributed by atoms with van der Waals surface area (Å²) in [6.45, 7) is 0.860. The number of nitrogen functional groups attached to an aromatic ring is 1. The van der Waals surface area contributed by atoms with Crippen molar-refractivity contribution in [2.45, 2.75) is 6.42 Å². The number of para-hydroxylation sites is 1. The van der Waals surface area contributed by atoms with Crippen molar-refractivity contribution < 1.29 is 4.74 Å². The highest BCUT2D eigenvalue weighted by Crippen LogP contribution is 2.38. The summed E-state index contributed by atoms with van der Waals surface area (Å²) in [5, 5.41) is 3.25. The van der Waals surface area contributed by atoms with Gasteiger partial charge < -0.3 is 20.7 Å². The van der Waals surface area contributed by atoms with Gasteiger partial charge in [-0.1, -0.05) is 24.3 Å². The SMILES string of the molecule is COc1cccc(Nc2ncnc(N3CCc4ccccc43)c2N)c1. The summed E-state index contributed by atoms with van der Waals surface area (Å²) in [7, 11) is 1.64. The second kappa shape index (κ2) is 6.32. The van der Waals surface area contributed by atoms with Crippen LogP contribution in [0, 0.1) is 0 Å². The van der Waals surface area contributed by atoms with Crippen molar-refractivity contribution in [2.24, 2.45) is 0 Å². The molecule has 4 rings (SSSR count). The molecule has 0 bridgehead atoms. The largest absolute Gasteiger partial charge is 0.497 e. The predicted octanol–water partition coefficient (Wildman–Crippen LogP) is 3.51. The molecule has 1 aliphatic rings. The van der Waals surface area contributed by atoms with Crippen LogP contribution in [-0.2, 0) is 6.42 Å². The first-order chi connectivity index (χ1) is 12.3. The lowest BCUT2D eigenvalue weighted by molar-refractivity contribution is 0.415. The first kappa shape index (κ1) is 15.3. The first-order valence-corrected chi connectivity index (χ1v) is 8.13. The molecule has 0 saturated carbocycles. The highest BCUT2D eigenvalue weighted by molar-refractivity contribution is 5.83. The third kappa shape index (κ3) is 2.82. The van der Waals surface area contributed by atoms with Gasteiger partial charge in [0.1, 0.15) is 17.8 Å². The molecule has 25 heavy (non-hydrogen) atoms. The lowest BCUT2D eigenvalue weighted by atomic mass is 10.2. The van der Waals surface area contributed by atoms with Gasteiger partial charge in [-0.2, -0.15) is 0 Å². The lowest BCUT2D eigenvalue weighted by Gasteiger charge is -2.21.